The van der Waals surface area contributed by atoms with Crippen molar-refractivity contribution in [1.82, 2.24) is 15.3 Å². The van der Waals surface area contributed by atoms with Gasteiger partial charge in [-0.15, -0.1) is 0 Å². The number of hydrogen-bond donors (Lipinski definition) is 3. The van der Waals surface area contributed by atoms with E-state index < -0.39 is 0 Å². The quantitative estimate of drug-likeness (QED) is 0.654. The molecule has 0 amide bonds. The molecule has 0 bridgehead atoms. The van der Waals surface area contributed by atoms with Gasteiger partial charge in [-0.05, 0) is 16.3 Å². The minimum atomic E-state index is -0.154. The van der Waals surface area contributed by atoms with E-state index in [0.29, 0.717) is 13.0 Å². The Morgan fingerprint density at radius 1 is 1.23 bits per heavy atom. The van der Waals surface area contributed by atoms with Gasteiger partial charge in [-0.25, -0.2) is 4.98 Å². The van der Waals surface area contributed by atoms with Crippen LogP contribution in [0.1, 0.15) is 11.3 Å². The first-order chi connectivity index (χ1) is 10.7. The van der Waals surface area contributed by atoms with Crippen molar-refractivity contribution in [1.29, 1.82) is 0 Å². The van der Waals surface area contributed by atoms with E-state index in [1.54, 1.807) is 6.33 Å². The predicted molar refractivity (Wildman–Crippen MR) is 90.2 cm³/mol. The number of nitrogens with one attached hydrogen (secondary N) is 2. The minimum Gasteiger partial charge on any atom is -0.383 e. The molecule has 4 N–H and O–H groups in total. The Morgan fingerprint density at radius 2 is 2.05 bits per heavy atom. The van der Waals surface area contributed by atoms with Gasteiger partial charge < -0.3 is 16.0 Å². The lowest BCUT2D eigenvalue weighted by molar-refractivity contribution is 0.662. The SMILES string of the molecule is C=C(NCc1cccc2ccccc12)C(N)Cc1c[nH]cn1. The molecule has 3 rings (SSSR count). The first kappa shape index (κ1) is 14.4. The molecular formula is C18H20N4. The van der Waals surface area contributed by atoms with Gasteiger partial charge in [-0.3, -0.25) is 0 Å². The van der Waals surface area contributed by atoms with Gasteiger partial charge >= 0.3 is 0 Å². The summed E-state index contributed by atoms with van der Waals surface area (Å²) in [4.78, 5) is 7.13. The summed E-state index contributed by atoms with van der Waals surface area (Å²) in [6.07, 6.45) is 4.19. The Hall–Kier alpha value is -2.59. The Balaban J connectivity index is 1.65. The molecule has 1 unspecified atom stereocenters. The first-order valence-electron chi connectivity index (χ1n) is 7.36. The van der Waals surface area contributed by atoms with Gasteiger partial charge in [0, 0.05) is 30.9 Å². The molecule has 2 aromatic carbocycles. The summed E-state index contributed by atoms with van der Waals surface area (Å²) in [6, 6.07) is 14.5. The average Bonchev–Trinajstić information content (AvgIpc) is 3.05. The molecule has 0 saturated carbocycles. The lowest BCUT2D eigenvalue weighted by Gasteiger charge is -2.17. The molecule has 4 nitrogen and oxygen atoms in total. The van der Waals surface area contributed by atoms with E-state index in [1.807, 2.05) is 6.20 Å². The molecule has 22 heavy (non-hydrogen) atoms. The number of H-pyrrole nitrogens is 1. The van der Waals surface area contributed by atoms with Crippen LogP contribution >= 0.6 is 0 Å². The maximum Gasteiger partial charge on any atom is 0.0923 e. The van der Waals surface area contributed by atoms with Crippen LogP contribution in [0.2, 0.25) is 0 Å². The second kappa shape index (κ2) is 6.45. The number of aromatic amines is 1. The highest BCUT2D eigenvalue weighted by Gasteiger charge is 2.10. The van der Waals surface area contributed by atoms with Crippen molar-refractivity contribution >= 4 is 10.8 Å². The van der Waals surface area contributed by atoms with Crippen molar-refractivity contribution in [2.45, 2.75) is 19.0 Å². The molecular weight excluding hydrogens is 272 g/mol. The molecule has 0 aliphatic heterocycles. The Morgan fingerprint density at radius 3 is 2.86 bits per heavy atom. The largest absolute Gasteiger partial charge is 0.383 e. The zero-order valence-electron chi connectivity index (χ0n) is 12.4. The Labute approximate surface area is 130 Å². The third-order valence-electron chi connectivity index (χ3n) is 3.82. The highest BCUT2D eigenvalue weighted by Crippen LogP contribution is 2.18. The monoisotopic (exact) mass is 292 g/mol. The molecule has 1 atom stereocenters. The van der Waals surface area contributed by atoms with Crippen molar-refractivity contribution in [3.63, 3.8) is 0 Å². The molecule has 0 spiro atoms. The zero-order valence-corrected chi connectivity index (χ0v) is 12.4. The average molecular weight is 292 g/mol. The van der Waals surface area contributed by atoms with Crippen LogP contribution in [0.5, 0.6) is 0 Å². The van der Waals surface area contributed by atoms with Crippen LogP contribution in [0.3, 0.4) is 0 Å². The van der Waals surface area contributed by atoms with Crippen molar-refractivity contribution in [3.8, 4) is 0 Å². The molecule has 0 radical (unpaired) electrons. The number of nitrogens with two attached hydrogens (primary N) is 1. The van der Waals surface area contributed by atoms with Gasteiger partial charge in [0.25, 0.3) is 0 Å². The molecule has 4 heteroatoms. The molecule has 1 aromatic heterocycles. The van der Waals surface area contributed by atoms with E-state index in [-0.39, 0.29) is 6.04 Å². The van der Waals surface area contributed by atoms with E-state index in [4.69, 9.17) is 5.73 Å². The number of hydrogen-bond acceptors (Lipinski definition) is 3. The summed E-state index contributed by atoms with van der Waals surface area (Å²) in [6.45, 7) is 4.77. The lowest BCUT2D eigenvalue weighted by atomic mass is 10.0. The first-order valence-corrected chi connectivity index (χ1v) is 7.36. The second-order valence-corrected chi connectivity index (χ2v) is 5.39. The summed E-state index contributed by atoms with van der Waals surface area (Å²) >= 11 is 0. The van der Waals surface area contributed by atoms with Crippen molar-refractivity contribution in [2.24, 2.45) is 5.73 Å². The van der Waals surface area contributed by atoms with Crippen molar-refractivity contribution < 1.29 is 0 Å². The summed E-state index contributed by atoms with van der Waals surface area (Å²) in [5.41, 5.74) is 9.19. The second-order valence-electron chi connectivity index (χ2n) is 5.39. The summed E-state index contributed by atoms with van der Waals surface area (Å²) in [7, 11) is 0. The zero-order chi connectivity index (χ0) is 15.4. The maximum absolute atomic E-state index is 6.17. The highest BCUT2D eigenvalue weighted by atomic mass is 14.9. The number of rotatable bonds is 6. The fourth-order valence-electron chi connectivity index (χ4n) is 2.54. The van der Waals surface area contributed by atoms with Gasteiger partial charge in [-0.1, -0.05) is 49.0 Å². The topological polar surface area (TPSA) is 66.7 Å². The lowest BCUT2D eigenvalue weighted by Crippen LogP contribution is -2.32. The molecule has 112 valence electrons. The number of aromatic nitrogens is 2. The van der Waals surface area contributed by atoms with E-state index >= 15 is 0 Å². The maximum atomic E-state index is 6.17. The molecule has 0 fully saturated rings. The van der Waals surface area contributed by atoms with Gasteiger partial charge in [0.1, 0.15) is 0 Å². The number of nitrogens with zero attached hydrogens (tertiary/aromatic N) is 1. The van der Waals surface area contributed by atoms with Crippen LogP contribution in [-0.4, -0.2) is 16.0 Å². The van der Waals surface area contributed by atoms with Crippen LogP contribution in [0.25, 0.3) is 10.8 Å². The third-order valence-corrected chi connectivity index (χ3v) is 3.82. The van der Waals surface area contributed by atoms with E-state index in [2.05, 4.69) is 64.3 Å². The number of benzene rings is 2. The van der Waals surface area contributed by atoms with E-state index in [0.717, 1.165) is 11.4 Å². The number of imidazole rings is 1. The molecule has 0 aliphatic rings. The normalized spacial score (nSPS) is 12.2. The van der Waals surface area contributed by atoms with Crippen LogP contribution < -0.4 is 11.1 Å². The Kier molecular flexibility index (Phi) is 4.21. The summed E-state index contributed by atoms with van der Waals surface area (Å²) in [5.74, 6) is 0. The smallest absolute Gasteiger partial charge is 0.0923 e. The van der Waals surface area contributed by atoms with E-state index in [1.165, 1.54) is 16.3 Å². The van der Waals surface area contributed by atoms with E-state index in [9.17, 15) is 0 Å². The van der Waals surface area contributed by atoms with Crippen LogP contribution in [-0.2, 0) is 13.0 Å². The molecule has 3 aromatic rings. The van der Waals surface area contributed by atoms with Crippen LogP contribution in [0.15, 0.2) is 67.3 Å². The fraction of sp³-hybridized carbons (Fsp3) is 0.167. The van der Waals surface area contributed by atoms with Gasteiger partial charge in [0.2, 0.25) is 0 Å². The standard InChI is InChI=1S/C18H20N4/c1-13(18(19)9-16-11-20-12-22-16)21-10-15-7-4-6-14-5-2-3-8-17(14)15/h2-8,11-12,18,21H,1,9-10,19H2,(H,20,22). The summed E-state index contributed by atoms with van der Waals surface area (Å²) < 4.78 is 0. The third kappa shape index (κ3) is 3.18. The van der Waals surface area contributed by atoms with Gasteiger partial charge in [0.05, 0.1) is 12.0 Å². The fourth-order valence-corrected chi connectivity index (χ4v) is 2.54. The van der Waals surface area contributed by atoms with Crippen LogP contribution in [0.4, 0.5) is 0 Å². The van der Waals surface area contributed by atoms with Crippen molar-refractivity contribution in [3.05, 3.63) is 78.5 Å². The van der Waals surface area contributed by atoms with Gasteiger partial charge in [-0.2, -0.15) is 0 Å². The number of fused-ring (bicyclic) bond motifs is 1. The molecule has 1 heterocycles. The molecule has 0 saturated heterocycles. The predicted octanol–water partition coefficient (Wildman–Crippen LogP) is 2.74. The van der Waals surface area contributed by atoms with Crippen LogP contribution in [0, 0.1) is 0 Å². The molecule has 0 aliphatic carbocycles. The summed E-state index contributed by atoms with van der Waals surface area (Å²) in [5, 5.41) is 5.85. The highest BCUT2D eigenvalue weighted by molar-refractivity contribution is 5.85. The minimum absolute atomic E-state index is 0.154. The van der Waals surface area contributed by atoms with Gasteiger partial charge in [0.15, 0.2) is 0 Å². The van der Waals surface area contributed by atoms with Crippen molar-refractivity contribution in [2.75, 3.05) is 0 Å². The Bertz CT molecular complexity index is 756.